The molecule has 0 spiro atoms. The number of amides is 1. The summed E-state index contributed by atoms with van der Waals surface area (Å²) in [6.07, 6.45) is 0. The Balaban J connectivity index is 0.00000256. The molecule has 0 radical (unpaired) electrons. The number of carbonyl (C=O) groups excluding carboxylic acids is 1. The van der Waals surface area contributed by atoms with Crippen LogP contribution in [0, 0.1) is 11.7 Å². The fourth-order valence-corrected chi connectivity index (χ4v) is 1.22. The Labute approximate surface area is 111 Å². The second kappa shape index (κ2) is 6.79. The zero-order valence-electron chi connectivity index (χ0n) is 9.54. The Morgan fingerprint density at radius 1 is 1.47 bits per heavy atom. The first-order chi connectivity index (χ1) is 7.41. The lowest BCUT2D eigenvalue weighted by Gasteiger charge is -2.15. The zero-order valence-corrected chi connectivity index (χ0v) is 11.1. The van der Waals surface area contributed by atoms with Crippen LogP contribution in [0.3, 0.4) is 0 Å². The van der Waals surface area contributed by atoms with E-state index in [0.717, 1.165) is 6.07 Å². The molecule has 0 aromatic heterocycles. The van der Waals surface area contributed by atoms with Crippen LogP contribution < -0.4 is 11.1 Å². The van der Waals surface area contributed by atoms with Gasteiger partial charge < -0.3 is 11.1 Å². The topological polar surface area (TPSA) is 55.1 Å². The van der Waals surface area contributed by atoms with Gasteiger partial charge >= 0.3 is 0 Å². The van der Waals surface area contributed by atoms with Gasteiger partial charge in [0.1, 0.15) is 5.82 Å². The molecule has 0 unspecified atom stereocenters. The van der Waals surface area contributed by atoms with E-state index in [4.69, 9.17) is 17.3 Å². The van der Waals surface area contributed by atoms with E-state index >= 15 is 0 Å². The molecule has 1 aromatic carbocycles. The fourth-order valence-electron chi connectivity index (χ4n) is 1.10. The zero-order chi connectivity index (χ0) is 12.3. The lowest BCUT2D eigenvalue weighted by atomic mass is 10.1. The first-order valence-corrected chi connectivity index (χ1v) is 5.31. The van der Waals surface area contributed by atoms with Crippen LogP contribution in [-0.4, -0.2) is 11.9 Å². The van der Waals surface area contributed by atoms with E-state index < -0.39 is 11.9 Å². The summed E-state index contributed by atoms with van der Waals surface area (Å²) in [6, 6.07) is 3.45. The minimum atomic E-state index is -0.612. The van der Waals surface area contributed by atoms with Gasteiger partial charge in [-0.25, -0.2) is 4.39 Å². The van der Waals surface area contributed by atoms with E-state index in [2.05, 4.69) is 5.32 Å². The predicted molar refractivity (Wildman–Crippen MR) is 70.1 cm³/mol. The molecule has 6 heteroatoms. The number of hydrogen-bond acceptors (Lipinski definition) is 2. The third-order valence-corrected chi connectivity index (χ3v) is 2.51. The molecule has 1 atom stereocenters. The van der Waals surface area contributed by atoms with E-state index in [1.165, 1.54) is 12.1 Å². The van der Waals surface area contributed by atoms with Crippen LogP contribution in [0.15, 0.2) is 18.2 Å². The number of rotatable bonds is 3. The van der Waals surface area contributed by atoms with Crippen LogP contribution >= 0.6 is 24.0 Å². The third-order valence-electron chi connectivity index (χ3n) is 2.21. The highest BCUT2D eigenvalue weighted by atomic mass is 35.5. The Kier molecular flexibility index (Phi) is 6.45. The van der Waals surface area contributed by atoms with Gasteiger partial charge in [-0.05, 0) is 24.1 Å². The largest absolute Gasteiger partial charge is 0.325 e. The molecule has 0 fully saturated rings. The van der Waals surface area contributed by atoms with Crippen molar-refractivity contribution in [2.75, 3.05) is 5.32 Å². The number of benzene rings is 1. The van der Waals surface area contributed by atoms with Gasteiger partial charge in [0, 0.05) is 5.69 Å². The molecule has 96 valence electrons. The third kappa shape index (κ3) is 4.50. The van der Waals surface area contributed by atoms with E-state index in [0.29, 0.717) is 5.69 Å². The van der Waals surface area contributed by atoms with E-state index in [1.807, 2.05) is 13.8 Å². The van der Waals surface area contributed by atoms with Crippen molar-refractivity contribution in [3.8, 4) is 0 Å². The summed E-state index contributed by atoms with van der Waals surface area (Å²) < 4.78 is 13.1. The van der Waals surface area contributed by atoms with Crippen molar-refractivity contribution < 1.29 is 9.18 Å². The SMILES string of the molecule is CC(C)[C@@H](N)C(=O)Nc1ccc(Cl)c(F)c1.Cl. The summed E-state index contributed by atoms with van der Waals surface area (Å²) in [7, 11) is 0. The van der Waals surface area contributed by atoms with Gasteiger partial charge in [0.05, 0.1) is 11.1 Å². The molecule has 1 rings (SSSR count). The molecule has 0 aliphatic rings. The average Bonchev–Trinajstić information content (AvgIpc) is 2.22. The van der Waals surface area contributed by atoms with Gasteiger partial charge in [0.2, 0.25) is 5.91 Å². The number of carbonyl (C=O) groups is 1. The van der Waals surface area contributed by atoms with Crippen molar-refractivity contribution in [2.24, 2.45) is 11.7 Å². The average molecular weight is 281 g/mol. The summed E-state index contributed by atoms with van der Waals surface area (Å²) in [5, 5.41) is 2.55. The predicted octanol–water partition coefficient (Wildman–Crippen LogP) is 2.82. The Bertz CT molecular complexity index is 399. The molecular formula is C11H15Cl2FN2O. The summed E-state index contributed by atoms with van der Waals surface area (Å²) in [5.41, 5.74) is 5.99. The van der Waals surface area contributed by atoms with Crippen molar-refractivity contribution in [3.05, 3.63) is 29.0 Å². The van der Waals surface area contributed by atoms with Gasteiger partial charge in [-0.3, -0.25) is 4.79 Å². The minimum absolute atomic E-state index is 0. The first-order valence-electron chi connectivity index (χ1n) is 4.93. The molecule has 0 bridgehead atoms. The normalized spacial score (nSPS) is 11.9. The maximum Gasteiger partial charge on any atom is 0.241 e. The van der Waals surface area contributed by atoms with Crippen molar-refractivity contribution in [1.82, 2.24) is 0 Å². The Morgan fingerprint density at radius 3 is 2.53 bits per heavy atom. The fraction of sp³-hybridized carbons (Fsp3) is 0.364. The highest BCUT2D eigenvalue weighted by Crippen LogP contribution is 2.18. The maximum atomic E-state index is 13.1. The van der Waals surface area contributed by atoms with E-state index in [1.54, 1.807) is 0 Å². The molecule has 17 heavy (non-hydrogen) atoms. The van der Waals surface area contributed by atoms with Crippen molar-refractivity contribution in [3.63, 3.8) is 0 Å². The number of hydrogen-bond donors (Lipinski definition) is 2. The highest BCUT2D eigenvalue weighted by Gasteiger charge is 2.17. The molecule has 0 heterocycles. The highest BCUT2D eigenvalue weighted by molar-refractivity contribution is 6.30. The molecule has 0 saturated carbocycles. The summed E-state index contributed by atoms with van der Waals surface area (Å²) in [6.45, 7) is 3.68. The van der Waals surface area contributed by atoms with Gasteiger partial charge in [-0.1, -0.05) is 25.4 Å². The summed E-state index contributed by atoms with van der Waals surface area (Å²) in [5.74, 6) is -0.883. The van der Waals surface area contributed by atoms with Crippen LogP contribution in [0.2, 0.25) is 5.02 Å². The van der Waals surface area contributed by atoms with E-state index in [9.17, 15) is 9.18 Å². The molecule has 3 nitrogen and oxygen atoms in total. The number of anilines is 1. The van der Waals surface area contributed by atoms with Gasteiger partial charge in [-0.15, -0.1) is 12.4 Å². The van der Waals surface area contributed by atoms with Crippen LogP contribution in [0.5, 0.6) is 0 Å². The van der Waals surface area contributed by atoms with Gasteiger partial charge in [-0.2, -0.15) is 0 Å². The van der Waals surface area contributed by atoms with Crippen molar-refractivity contribution in [2.45, 2.75) is 19.9 Å². The molecule has 0 aliphatic carbocycles. The van der Waals surface area contributed by atoms with Gasteiger partial charge in [0.15, 0.2) is 0 Å². The summed E-state index contributed by atoms with van der Waals surface area (Å²) in [4.78, 5) is 11.6. The molecule has 1 amide bonds. The lowest BCUT2D eigenvalue weighted by Crippen LogP contribution is -2.39. The lowest BCUT2D eigenvalue weighted by molar-refractivity contribution is -0.118. The summed E-state index contributed by atoms with van der Waals surface area (Å²) >= 11 is 5.52. The molecule has 0 aliphatic heterocycles. The standard InChI is InChI=1S/C11H14ClFN2O.ClH/c1-6(2)10(14)11(16)15-7-3-4-8(12)9(13)5-7;/h3-6,10H,14H2,1-2H3,(H,15,16);1H/t10-;/m1./s1. The molecular weight excluding hydrogens is 266 g/mol. The van der Waals surface area contributed by atoms with Crippen LogP contribution in [0.25, 0.3) is 0 Å². The number of nitrogens with two attached hydrogens (primary N) is 1. The minimum Gasteiger partial charge on any atom is -0.325 e. The molecule has 3 N–H and O–H groups in total. The van der Waals surface area contributed by atoms with E-state index in [-0.39, 0.29) is 29.3 Å². The molecule has 1 aromatic rings. The van der Waals surface area contributed by atoms with Crippen molar-refractivity contribution in [1.29, 1.82) is 0 Å². The van der Waals surface area contributed by atoms with Crippen molar-refractivity contribution >= 4 is 35.6 Å². The Hall–Kier alpha value is -0.840. The number of halogens is 3. The quantitative estimate of drug-likeness (QED) is 0.895. The first kappa shape index (κ1) is 16.2. The van der Waals surface area contributed by atoms with Gasteiger partial charge in [0.25, 0.3) is 0 Å². The number of nitrogens with one attached hydrogen (secondary N) is 1. The van der Waals surface area contributed by atoms with Crippen LogP contribution in [0.1, 0.15) is 13.8 Å². The van der Waals surface area contributed by atoms with Crippen LogP contribution in [0.4, 0.5) is 10.1 Å². The smallest absolute Gasteiger partial charge is 0.241 e. The Morgan fingerprint density at radius 2 is 2.06 bits per heavy atom. The molecule has 0 saturated heterocycles. The monoisotopic (exact) mass is 280 g/mol. The second-order valence-electron chi connectivity index (χ2n) is 3.89. The second-order valence-corrected chi connectivity index (χ2v) is 4.30. The van der Waals surface area contributed by atoms with Crippen LogP contribution in [-0.2, 0) is 4.79 Å². The maximum absolute atomic E-state index is 13.1.